The molecule has 1 aromatic rings. The molecule has 2 fully saturated rings. The molecule has 1 aromatic carbocycles. The zero-order valence-corrected chi connectivity index (χ0v) is 28.5. The van der Waals surface area contributed by atoms with E-state index in [4.69, 9.17) is 47.4 Å². The molecule has 2 saturated heterocycles. The molecule has 3 rings (SSSR count). The zero-order chi connectivity index (χ0) is 37.1. The van der Waals surface area contributed by atoms with Gasteiger partial charge in [0.05, 0.1) is 0 Å². The number of esters is 7. The Labute approximate surface area is 287 Å². The average molecular weight is 712 g/mol. The molecule has 0 unspecified atom stereocenters. The van der Waals surface area contributed by atoms with Crippen molar-refractivity contribution in [3.05, 3.63) is 30.3 Å². The van der Waals surface area contributed by atoms with E-state index in [2.05, 4.69) is 5.32 Å². The van der Waals surface area contributed by atoms with Crippen LogP contribution >= 0.6 is 0 Å². The lowest BCUT2D eigenvalue weighted by atomic mass is 9.95. The molecule has 2 aliphatic rings. The van der Waals surface area contributed by atoms with Gasteiger partial charge in [0.2, 0.25) is 0 Å². The fourth-order valence-electron chi connectivity index (χ4n) is 5.33. The number of nitrogens with one attached hydrogen (secondary N) is 1. The predicted octanol–water partition coefficient (Wildman–Crippen LogP) is 0.718. The van der Waals surface area contributed by atoms with Crippen molar-refractivity contribution < 1.29 is 80.9 Å². The van der Waals surface area contributed by atoms with E-state index in [1.165, 1.54) is 0 Å². The quantitative estimate of drug-likeness (QED) is 0.220. The van der Waals surface area contributed by atoms with Crippen LogP contribution in [0.3, 0.4) is 0 Å². The highest BCUT2D eigenvalue weighted by Gasteiger charge is 2.57. The number of carbonyl (C=O) groups is 7. The van der Waals surface area contributed by atoms with Crippen LogP contribution in [0, 0.1) is 0 Å². The summed E-state index contributed by atoms with van der Waals surface area (Å²) in [7, 11) is 0. The number of para-hydroxylation sites is 1. The number of ether oxygens (including phenoxy) is 10. The van der Waals surface area contributed by atoms with Gasteiger partial charge in [0, 0.05) is 54.2 Å². The topological polar surface area (TPSA) is 224 Å². The molecule has 0 aliphatic carbocycles. The Morgan fingerprint density at radius 3 is 1.42 bits per heavy atom. The molecule has 276 valence electrons. The average Bonchev–Trinajstić information content (AvgIpc) is 3.00. The van der Waals surface area contributed by atoms with E-state index in [0.29, 0.717) is 5.69 Å². The van der Waals surface area contributed by atoms with E-state index >= 15 is 0 Å². The van der Waals surface area contributed by atoms with Crippen LogP contribution in [-0.4, -0.2) is 116 Å². The molecule has 18 heteroatoms. The Morgan fingerprint density at radius 1 is 0.520 bits per heavy atom. The number of hydrogen-bond donors (Lipinski definition) is 1. The second-order valence-corrected chi connectivity index (χ2v) is 11.2. The Hall–Kier alpha value is -4.81. The van der Waals surface area contributed by atoms with Gasteiger partial charge in [0.25, 0.3) is 0 Å². The minimum absolute atomic E-state index is 0.497. The molecule has 0 amide bonds. The fraction of sp³-hybridized carbons (Fsp3) is 0.594. The number of benzene rings is 1. The summed E-state index contributed by atoms with van der Waals surface area (Å²) < 4.78 is 56.6. The minimum Gasteiger partial charge on any atom is -0.463 e. The van der Waals surface area contributed by atoms with E-state index in [0.717, 1.165) is 48.5 Å². The summed E-state index contributed by atoms with van der Waals surface area (Å²) in [4.78, 5) is 85.4. The summed E-state index contributed by atoms with van der Waals surface area (Å²) in [6.45, 7) is 6.56. The van der Waals surface area contributed by atoms with Crippen molar-refractivity contribution >= 4 is 47.5 Å². The van der Waals surface area contributed by atoms with Gasteiger partial charge in [0.15, 0.2) is 43.0 Å². The smallest absolute Gasteiger partial charge is 0.303 e. The van der Waals surface area contributed by atoms with Gasteiger partial charge in [-0.25, -0.2) is 0 Å². The monoisotopic (exact) mass is 711 g/mol. The first-order valence-electron chi connectivity index (χ1n) is 15.5. The van der Waals surface area contributed by atoms with Crippen LogP contribution in [-0.2, 0) is 80.9 Å². The van der Waals surface area contributed by atoms with Crippen molar-refractivity contribution in [3.63, 3.8) is 0 Å². The van der Waals surface area contributed by atoms with Gasteiger partial charge in [0.1, 0.15) is 31.5 Å². The van der Waals surface area contributed by atoms with Crippen LogP contribution in [0.5, 0.6) is 0 Å². The molecule has 10 atom stereocenters. The van der Waals surface area contributed by atoms with Gasteiger partial charge < -0.3 is 52.7 Å². The van der Waals surface area contributed by atoms with Gasteiger partial charge in [-0.1, -0.05) is 18.2 Å². The van der Waals surface area contributed by atoms with Gasteiger partial charge in [-0.3, -0.25) is 33.6 Å². The Morgan fingerprint density at radius 2 is 0.940 bits per heavy atom. The lowest BCUT2D eigenvalue weighted by molar-refractivity contribution is -0.343. The Bertz CT molecular complexity index is 1390. The van der Waals surface area contributed by atoms with Crippen molar-refractivity contribution in [1.29, 1.82) is 0 Å². The van der Waals surface area contributed by atoms with Crippen LogP contribution < -0.4 is 5.32 Å². The summed E-state index contributed by atoms with van der Waals surface area (Å²) in [5.41, 5.74) is 0.515. The van der Waals surface area contributed by atoms with Crippen LogP contribution in [0.2, 0.25) is 0 Å². The molecular weight excluding hydrogens is 670 g/mol. The van der Waals surface area contributed by atoms with E-state index in [1.54, 1.807) is 30.3 Å². The Balaban J connectivity index is 2.16. The maximum atomic E-state index is 12.5. The third-order valence-corrected chi connectivity index (χ3v) is 7.01. The minimum atomic E-state index is -1.77. The number of anilines is 1. The van der Waals surface area contributed by atoms with Crippen LogP contribution in [0.4, 0.5) is 5.69 Å². The highest BCUT2D eigenvalue weighted by Crippen LogP contribution is 2.35. The Kier molecular flexibility index (Phi) is 14.5. The highest BCUT2D eigenvalue weighted by molar-refractivity contribution is 5.69. The lowest BCUT2D eigenvalue weighted by Gasteiger charge is -2.49. The third-order valence-electron chi connectivity index (χ3n) is 7.01. The van der Waals surface area contributed by atoms with E-state index in [9.17, 15) is 33.6 Å². The molecule has 0 radical (unpaired) electrons. The number of rotatable bonds is 13. The molecule has 2 aliphatic heterocycles. The van der Waals surface area contributed by atoms with Crippen molar-refractivity contribution in [2.75, 3.05) is 18.5 Å². The molecule has 0 bridgehead atoms. The molecule has 50 heavy (non-hydrogen) atoms. The second kappa shape index (κ2) is 18.3. The van der Waals surface area contributed by atoms with Gasteiger partial charge in [-0.05, 0) is 12.1 Å². The summed E-state index contributed by atoms with van der Waals surface area (Å²) in [5, 5.41) is 3.06. The van der Waals surface area contributed by atoms with Crippen LogP contribution in [0.1, 0.15) is 48.5 Å². The van der Waals surface area contributed by atoms with Gasteiger partial charge in [-0.2, -0.15) is 0 Å². The van der Waals surface area contributed by atoms with E-state index in [-0.39, 0.29) is 0 Å². The first-order chi connectivity index (χ1) is 23.5. The number of carbonyl (C=O) groups excluding carboxylic acids is 7. The zero-order valence-electron chi connectivity index (χ0n) is 28.5. The fourth-order valence-corrected chi connectivity index (χ4v) is 5.33. The molecule has 0 spiro atoms. The molecule has 0 aromatic heterocycles. The SMILES string of the molecule is CC(=O)OC[C@H]1O[C@@H](O[C@H]2[C@H](OC(C)=O)[C@@H](OC(C)=O)[C@@H](Nc3ccccc3)O[C@@H]2COC(C)=O)[C@H](OC(C)=O)[C@@H](OC(C)=O)[C@H]1OC(C)=O. The highest BCUT2D eigenvalue weighted by atomic mass is 16.8. The summed E-state index contributed by atoms with van der Waals surface area (Å²) in [5.74, 6) is -5.71. The first-order valence-corrected chi connectivity index (χ1v) is 15.5. The summed E-state index contributed by atoms with van der Waals surface area (Å²) in [6.07, 6.45) is -14.9. The van der Waals surface area contributed by atoms with Crippen molar-refractivity contribution in [2.24, 2.45) is 0 Å². The molecule has 0 saturated carbocycles. The maximum Gasteiger partial charge on any atom is 0.303 e. The lowest BCUT2D eigenvalue weighted by Crippen LogP contribution is -2.67. The number of hydrogen-bond acceptors (Lipinski definition) is 18. The molecule has 18 nitrogen and oxygen atoms in total. The van der Waals surface area contributed by atoms with Gasteiger partial charge >= 0.3 is 41.8 Å². The van der Waals surface area contributed by atoms with Gasteiger partial charge in [-0.15, -0.1) is 0 Å². The largest absolute Gasteiger partial charge is 0.463 e. The third kappa shape index (κ3) is 11.7. The van der Waals surface area contributed by atoms with Crippen molar-refractivity contribution in [2.45, 2.75) is 110 Å². The summed E-state index contributed by atoms with van der Waals surface area (Å²) >= 11 is 0. The molecule has 2 heterocycles. The van der Waals surface area contributed by atoms with E-state index in [1.807, 2.05) is 0 Å². The van der Waals surface area contributed by atoms with Crippen molar-refractivity contribution in [3.8, 4) is 0 Å². The maximum absolute atomic E-state index is 12.5. The molecule has 1 N–H and O–H groups in total. The molecular formula is C32H41NO17. The normalized spacial score (nSPS) is 28.9. The van der Waals surface area contributed by atoms with Crippen LogP contribution in [0.25, 0.3) is 0 Å². The van der Waals surface area contributed by atoms with Crippen molar-refractivity contribution in [1.82, 2.24) is 0 Å². The predicted molar refractivity (Wildman–Crippen MR) is 163 cm³/mol. The summed E-state index contributed by atoms with van der Waals surface area (Å²) in [6, 6.07) is 8.59. The second-order valence-electron chi connectivity index (χ2n) is 11.2. The standard InChI is InChI=1S/C32H41NO17/c1-15(34)41-13-23-26(27(44-18(4)37)29(46-20(6)39)31(48-23)33-22-11-9-8-10-12-22)50-32-30(47-21(7)40)28(45-19(5)38)25(43-17(3)36)24(49-32)14-42-16(2)35/h8-12,23-33H,13-14H2,1-7H3/t23-,24-,25+,26-,27+,28+,29-,30-,31+,32+/m1/s1. The van der Waals surface area contributed by atoms with E-state index < -0.39 is 116 Å². The first kappa shape index (κ1) is 39.6. The van der Waals surface area contributed by atoms with Crippen LogP contribution in [0.15, 0.2) is 30.3 Å².